The van der Waals surface area contributed by atoms with Crippen molar-refractivity contribution in [2.24, 2.45) is 0 Å². The number of fused-ring (bicyclic) bond motifs is 1. The summed E-state index contributed by atoms with van der Waals surface area (Å²) in [6.45, 7) is 0. The Morgan fingerprint density at radius 2 is 1.77 bits per heavy atom. The predicted molar refractivity (Wildman–Crippen MR) is 116 cm³/mol. The molecule has 4 rings (SSSR count). The molecule has 2 amide bonds. The molecule has 4 N–H and O–H groups in total. The summed E-state index contributed by atoms with van der Waals surface area (Å²) in [6, 6.07) is 4.89. The smallest absolute Gasteiger partial charge is 0.258 e. The number of halogens is 2. The van der Waals surface area contributed by atoms with E-state index in [4.69, 9.17) is 23.2 Å². The molecule has 0 unspecified atom stereocenters. The third-order valence-corrected chi connectivity index (χ3v) is 5.78. The summed E-state index contributed by atoms with van der Waals surface area (Å²) < 4.78 is 0. The number of H-pyrrole nitrogens is 1. The van der Waals surface area contributed by atoms with Crippen LogP contribution in [0.25, 0.3) is 0 Å². The van der Waals surface area contributed by atoms with Crippen molar-refractivity contribution in [3.8, 4) is 0 Å². The van der Waals surface area contributed by atoms with Crippen molar-refractivity contribution >= 4 is 52.5 Å². The van der Waals surface area contributed by atoms with Crippen LogP contribution < -0.4 is 21.5 Å². The zero-order valence-electron chi connectivity index (χ0n) is 16.1. The number of hydrogen-bond donors (Lipinski definition) is 4. The van der Waals surface area contributed by atoms with E-state index in [2.05, 4.69) is 25.9 Å². The maximum absolute atomic E-state index is 12.9. The second-order valence-electron chi connectivity index (χ2n) is 7.61. The van der Waals surface area contributed by atoms with Crippen molar-refractivity contribution < 1.29 is 9.59 Å². The number of aromatic nitrogens is 2. The summed E-state index contributed by atoms with van der Waals surface area (Å²) in [5, 5.41) is 9.34. The molecule has 0 radical (unpaired) electrons. The number of anilines is 3. The molecule has 0 saturated heterocycles. The van der Waals surface area contributed by atoms with E-state index in [9.17, 15) is 14.4 Å². The Morgan fingerprint density at radius 3 is 2.47 bits per heavy atom. The quantitative estimate of drug-likeness (QED) is 0.567. The van der Waals surface area contributed by atoms with Crippen LogP contribution in [0.1, 0.15) is 50.0 Å². The lowest BCUT2D eigenvalue weighted by Crippen LogP contribution is -2.43. The summed E-state index contributed by atoms with van der Waals surface area (Å²) in [5.41, 5.74) is 0.196. The maximum atomic E-state index is 12.9. The van der Waals surface area contributed by atoms with Gasteiger partial charge < -0.3 is 16.0 Å². The van der Waals surface area contributed by atoms with Gasteiger partial charge in [0.15, 0.2) is 0 Å². The number of carbonyl (C=O) groups is 2. The summed E-state index contributed by atoms with van der Waals surface area (Å²) in [6.07, 6.45) is 5.04. The van der Waals surface area contributed by atoms with Gasteiger partial charge in [0.05, 0.1) is 11.5 Å². The molecule has 1 aromatic carbocycles. The number of amides is 2. The second kappa shape index (κ2) is 8.65. The van der Waals surface area contributed by atoms with Crippen LogP contribution in [0.2, 0.25) is 10.0 Å². The SMILES string of the molecule is O=C1C[C@H](C(=O)NC2CCCCC2)c2c(nc(Nc3cc(Cl)cc(Cl)c3)[nH]c2=O)N1. The van der Waals surface area contributed by atoms with E-state index in [1.807, 2.05) is 0 Å². The minimum Gasteiger partial charge on any atom is -0.353 e. The van der Waals surface area contributed by atoms with Crippen LogP contribution >= 0.6 is 23.2 Å². The summed E-state index contributed by atoms with van der Waals surface area (Å²) >= 11 is 12.0. The molecule has 30 heavy (non-hydrogen) atoms. The van der Waals surface area contributed by atoms with Crippen molar-refractivity contribution in [3.63, 3.8) is 0 Å². The van der Waals surface area contributed by atoms with Crippen LogP contribution in [-0.2, 0) is 9.59 Å². The normalized spacial score (nSPS) is 19.0. The number of carbonyl (C=O) groups excluding carboxylic acids is 2. The third kappa shape index (κ3) is 4.60. The van der Waals surface area contributed by atoms with E-state index in [1.54, 1.807) is 18.2 Å². The molecule has 2 heterocycles. The van der Waals surface area contributed by atoms with Crippen LogP contribution in [0.3, 0.4) is 0 Å². The van der Waals surface area contributed by atoms with Crippen molar-refractivity contribution in [2.45, 2.75) is 50.5 Å². The van der Waals surface area contributed by atoms with E-state index < -0.39 is 11.5 Å². The van der Waals surface area contributed by atoms with E-state index in [-0.39, 0.29) is 41.6 Å². The van der Waals surface area contributed by atoms with Gasteiger partial charge in [-0.2, -0.15) is 4.98 Å². The van der Waals surface area contributed by atoms with E-state index in [1.165, 1.54) is 0 Å². The number of nitrogens with one attached hydrogen (secondary N) is 4. The van der Waals surface area contributed by atoms with Crippen molar-refractivity contribution in [1.82, 2.24) is 15.3 Å². The fraction of sp³-hybridized carbons (Fsp3) is 0.400. The van der Waals surface area contributed by atoms with Gasteiger partial charge in [-0.1, -0.05) is 42.5 Å². The van der Waals surface area contributed by atoms with Crippen molar-refractivity contribution in [3.05, 3.63) is 44.2 Å². The molecule has 1 saturated carbocycles. The van der Waals surface area contributed by atoms with E-state index in [0.717, 1.165) is 32.1 Å². The van der Waals surface area contributed by atoms with Crippen LogP contribution in [-0.4, -0.2) is 27.8 Å². The number of aromatic amines is 1. The van der Waals surface area contributed by atoms with Gasteiger partial charge in [-0.3, -0.25) is 19.4 Å². The van der Waals surface area contributed by atoms with Crippen LogP contribution in [0.15, 0.2) is 23.0 Å². The Labute approximate surface area is 182 Å². The minimum absolute atomic E-state index is 0.0782. The molecule has 1 fully saturated rings. The highest BCUT2D eigenvalue weighted by molar-refractivity contribution is 6.35. The number of hydrogen-bond acceptors (Lipinski definition) is 5. The lowest BCUT2D eigenvalue weighted by Gasteiger charge is -2.28. The Hall–Kier alpha value is -2.58. The van der Waals surface area contributed by atoms with Gasteiger partial charge in [-0.15, -0.1) is 0 Å². The maximum Gasteiger partial charge on any atom is 0.258 e. The molecule has 8 nitrogen and oxygen atoms in total. The first kappa shape index (κ1) is 20.7. The number of rotatable bonds is 4. The summed E-state index contributed by atoms with van der Waals surface area (Å²) in [5.74, 6) is -1.37. The Bertz CT molecular complexity index is 1030. The standard InChI is InChI=1S/C20H21Cl2N5O3/c21-10-6-11(22)8-13(7-10)24-20-26-17-16(19(30)27-20)14(9-15(28)25-17)18(29)23-12-4-2-1-3-5-12/h6-8,12,14H,1-5,9H2,(H,23,29)(H3,24,25,26,27,28,30)/t14-/m0/s1. The Kier molecular flexibility index (Phi) is 5.97. The van der Waals surface area contributed by atoms with Crippen LogP contribution in [0, 0.1) is 0 Å². The highest BCUT2D eigenvalue weighted by Crippen LogP contribution is 2.30. The first-order valence-corrected chi connectivity index (χ1v) is 10.6. The monoisotopic (exact) mass is 449 g/mol. The van der Waals surface area contributed by atoms with Gasteiger partial charge in [-0.25, -0.2) is 0 Å². The van der Waals surface area contributed by atoms with Gasteiger partial charge in [0.25, 0.3) is 5.56 Å². The third-order valence-electron chi connectivity index (χ3n) is 5.34. The predicted octanol–water partition coefficient (Wildman–Crippen LogP) is 3.70. The first-order chi connectivity index (χ1) is 14.4. The molecule has 0 bridgehead atoms. The summed E-state index contributed by atoms with van der Waals surface area (Å²) in [7, 11) is 0. The Balaban J connectivity index is 1.60. The lowest BCUT2D eigenvalue weighted by molar-refractivity contribution is -0.127. The second-order valence-corrected chi connectivity index (χ2v) is 8.48. The fourth-order valence-electron chi connectivity index (χ4n) is 3.97. The first-order valence-electron chi connectivity index (χ1n) is 9.86. The van der Waals surface area contributed by atoms with Gasteiger partial charge in [0, 0.05) is 28.2 Å². The molecular weight excluding hydrogens is 429 g/mol. The van der Waals surface area contributed by atoms with Gasteiger partial charge in [0.1, 0.15) is 5.82 Å². The molecule has 158 valence electrons. The molecule has 0 spiro atoms. The molecule has 1 aliphatic heterocycles. The molecule has 1 atom stereocenters. The van der Waals surface area contributed by atoms with Gasteiger partial charge in [0.2, 0.25) is 17.8 Å². The van der Waals surface area contributed by atoms with Gasteiger partial charge >= 0.3 is 0 Å². The van der Waals surface area contributed by atoms with Crippen molar-refractivity contribution in [1.29, 1.82) is 0 Å². The zero-order chi connectivity index (χ0) is 21.3. The van der Waals surface area contributed by atoms with Gasteiger partial charge in [-0.05, 0) is 31.0 Å². The fourth-order valence-corrected chi connectivity index (χ4v) is 4.49. The highest BCUT2D eigenvalue weighted by atomic mass is 35.5. The molecular formula is C20H21Cl2N5O3. The zero-order valence-corrected chi connectivity index (χ0v) is 17.6. The van der Waals surface area contributed by atoms with Crippen LogP contribution in [0.5, 0.6) is 0 Å². The Morgan fingerprint density at radius 1 is 1.07 bits per heavy atom. The summed E-state index contributed by atoms with van der Waals surface area (Å²) in [4.78, 5) is 44.8. The largest absolute Gasteiger partial charge is 0.353 e. The molecule has 1 aromatic heterocycles. The molecule has 10 heteroatoms. The average molecular weight is 450 g/mol. The number of nitrogens with zero attached hydrogens (tertiary/aromatic N) is 1. The lowest BCUT2D eigenvalue weighted by atomic mass is 9.90. The van der Waals surface area contributed by atoms with Crippen LogP contribution in [0.4, 0.5) is 17.5 Å². The van der Waals surface area contributed by atoms with E-state index in [0.29, 0.717) is 15.7 Å². The topological polar surface area (TPSA) is 116 Å². The minimum atomic E-state index is -0.874. The van der Waals surface area contributed by atoms with Crippen molar-refractivity contribution in [2.75, 3.05) is 10.6 Å². The molecule has 2 aliphatic rings. The molecule has 2 aromatic rings. The van der Waals surface area contributed by atoms with E-state index >= 15 is 0 Å². The number of benzene rings is 1. The molecule has 1 aliphatic carbocycles. The average Bonchev–Trinajstić information content (AvgIpc) is 2.67. The highest BCUT2D eigenvalue weighted by Gasteiger charge is 2.35.